The second kappa shape index (κ2) is 17.2. The number of unbranched alkanes of at least 4 members (excludes halogenated alkanes) is 8. The zero-order valence-corrected chi connectivity index (χ0v) is 20.4. The van der Waals surface area contributed by atoms with Gasteiger partial charge in [0.2, 0.25) is 0 Å². The summed E-state index contributed by atoms with van der Waals surface area (Å²) in [5, 5.41) is 0.623. The monoisotopic (exact) mass is 488 g/mol. The molecular weight excluding hydrogens is 459 g/mol. The minimum atomic E-state index is -0.529. The molecule has 1 aromatic rings. The van der Waals surface area contributed by atoms with E-state index in [1.54, 1.807) is 0 Å². The Balaban J connectivity index is 2.08. The molecule has 0 saturated heterocycles. The fourth-order valence-corrected chi connectivity index (χ4v) is 3.46. The zero-order valence-electron chi connectivity index (χ0n) is 18.1. The fraction of sp³-hybridized carbons (Fsp3) is 0.583. The number of carbonyl (C=O) groups excluding carboxylic acids is 2. The second-order valence-corrected chi connectivity index (χ2v) is 8.49. The van der Waals surface area contributed by atoms with Crippen LogP contribution in [0.25, 0.3) is 0 Å². The van der Waals surface area contributed by atoms with Gasteiger partial charge in [-0.05, 0) is 18.9 Å². The molecule has 0 unspecified atom stereocenters. The molecule has 0 aliphatic carbocycles. The molecule has 4 nitrogen and oxygen atoms in total. The minimum Gasteiger partial charge on any atom is -0.452 e. The fourth-order valence-electron chi connectivity index (χ4n) is 2.83. The lowest BCUT2D eigenvalue weighted by Gasteiger charge is -2.08. The van der Waals surface area contributed by atoms with Crippen LogP contribution in [0.15, 0.2) is 12.1 Å². The van der Waals surface area contributed by atoms with Gasteiger partial charge in [0.05, 0.1) is 5.02 Å². The van der Waals surface area contributed by atoms with E-state index in [2.05, 4.69) is 18.8 Å². The normalized spacial score (nSPS) is 10.3. The highest BCUT2D eigenvalue weighted by atomic mass is 35.5. The molecular formula is C24H31Cl3O4. The van der Waals surface area contributed by atoms with E-state index in [4.69, 9.17) is 44.3 Å². The topological polar surface area (TPSA) is 52.6 Å². The summed E-state index contributed by atoms with van der Waals surface area (Å²) in [5.41, 5.74) is 0. The van der Waals surface area contributed by atoms with Crippen molar-refractivity contribution in [1.82, 2.24) is 0 Å². The Morgan fingerprint density at radius 1 is 0.839 bits per heavy atom. The number of ether oxygens (including phenoxy) is 2. The molecule has 0 spiro atoms. The predicted octanol–water partition coefficient (Wildman–Crippen LogP) is 7.80. The van der Waals surface area contributed by atoms with Crippen molar-refractivity contribution in [3.8, 4) is 17.6 Å². The Morgan fingerprint density at radius 3 is 2.19 bits per heavy atom. The van der Waals surface area contributed by atoms with Gasteiger partial charge in [0.15, 0.2) is 12.4 Å². The first kappa shape index (κ1) is 27.6. The van der Waals surface area contributed by atoms with Crippen molar-refractivity contribution >= 4 is 46.7 Å². The van der Waals surface area contributed by atoms with E-state index in [-0.39, 0.29) is 35.2 Å². The maximum atomic E-state index is 11.9. The summed E-state index contributed by atoms with van der Waals surface area (Å²) in [6.07, 6.45) is 11.4. The third kappa shape index (κ3) is 13.6. The molecule has 0 aliphatic heterocycles. The molecule has 31 heavy (non-hydrogen) atoms. The quantitative estimate of drug-likeness (QED) is 0.0879. The molecule has 0 saturated carbocycles. The summed E-state index contributed by atoms with van der Waals surface area (Å²) in [6.45, 7) is 2.31. The smallest absolute Gasteiger partial charge is 0.311 e. The van der Waals surface area contributed by atoms with Gasteiger partial charge >= 0.3 is 11.9 Å². The molecule has 0 atom stereocenters. The lowest BCUT2D eigenvalue weighted by Crippen LogP contribution is -2.10. The van der Waals surface area contributed by atoms with Crippen LogP contribution in [-0.4, -0.2) is 18.5 Å². The minimum absolute atomic E-state index is 0.0414. The Kier molecular flexibility index (Phi) is 15.3. The number of carbonyl (C=O) groups is 2. The van der Waals surface area contributed by atoms with Crippen molar-refractivity contribution in [2.24, 2.45) is 0 Å². The summed E-state index contributed by atoms with van der Waals surface area (Å²) in [5.74, 6) is 5.07. The van der Waals surface area contributed by atoms with E-state index < -0.39 is 11.9 Å². The Morgan fingerprint density at radius 2 is 1.48 bits per heavy atom. The molecule has 0 fully saturated rings. The third-order valence-corrected chi connectivity index (χ3v) is 5.53. The SMILES string of the molecule is CCCCCCCCCCC#CCOC(=O)CCCC(=O)Oc1cc(Cl)cc(Cl)c1Cl. The highest BCUT2D eigenvalue weighted by Gasteiger charge is 2.13. The maximum absolute atomic E-state index is 11.9. The van der Waals surface area contributed by atoms with E-state index in [0.717, 1.165) is 12.8 Å². The van der Waals surface area contributed by atoms with Gasteiger partial charge in [0, 0.05) is 30.4 Å². The van der Waals surface area contributed by atoms with Gasteiger partial charge in [-0.25, -0.2) is 0 Å². The number of hydrogen-bond donors (Lipinski definition) is 0. The molecule has 0 amide bonds. The number of hydrogen-bond acceptors (Lipinski definition) is 4. The first-order valence-electron chi connectivity index (χ1n) is 10.9. The van der Waals surface area contributed by atoms with Crippen molar-refractivity contribution in [2.45, 2.75) is 84.0 Å². The Labute approximate surface area is 200 Å². The van der Waals surface area contributed by atoms with Gasteiger partial charge in [0.25, 0.3) is 0 Å². The van der Waals surface area contributed by atoms with Crippen LogP contribution < -0.4 is 4.74 Å². The van der Waals surface area contributed by atoms with Crippen molar-refractivity contribution in [2.75, 3.05) is 6.61 Å². The highest BCUT2D eigenvalue weighted by Crippen LogP contribution is 2.35. The van der Waals surface area contributed by atoms with Crippen LogP contribution in [0.4, 0.5) is 0 Å². The molecule has 1 aromatic carbocycles. The van der Waals surface area contributed by atoms with E-state index >= 15 is 0 Å². The Bertz CT molecular complexity index is 753. The number of rotatable bonds is 14. The number of halogens is 3. The van der Waals surface area contributed by atoms with Crippen LogP contribution >= 0.6 is 34.8 Å². The summed E-state index contributed by atoms with van der Waals surface area (Å²) in [7, 11) is 0. The largest absolute Gasteiger partial charge is 0.452 e. The summed E-state index contributed by atoms with van der Waals surface area (Å²) in [6, 6.07) is 2.87. The van der Waals surface area contributed by atoms with Crippen LogP contribution in [0.2, 0.25) is 15.1 Å². The number of benzene rings is 1. The molecule has 7 heteroatoms. The molecule has 1 rings (SSSR count). The van der Waals surface area contributed by atoms with Crippen molar-refractivity contribution in [1.29, 1.82) is 0 Å². The average Bonchev–Trinajstić information content (AvgIpc) is 2.72. The Hall–Kier alpha value is -1.41. The summed E-state index contributed by atoms with van der Waals surface area (Å²) >= 11 is 17.7. The number of esters is 2. The van der Waals surface area contributed by atoms with Crippen molar-refractivity contribution in [3.63, 3.8) is 0 Å². The lowest BCUT2D eigenvalue weighted by molar-refractivity contribution is -0.142. The predicted molar refractivity (Wildman–Crippen MR) is 127 cm³/mol. The molecule has 0 aliphatic rings. The van der Waals surface area contributed by atoms with Gasteiger partial charge in [-0.1, -0.05) is 98.5 Å². The molecule has 0 aromatic heterocycles. The van der Waals surface area contributed by atoms with E-state index in [0.29, 0.717) is 11.4 Å². The van der Waals surface area contributed by atoms with Gasteiger partial charge < -0.3 is 9.47 Å². The average molecular weight is 490 g/mol. The second-order valence-electron chi connectivity index (χ2n) is 7.27. The first-order chi connectivity index (χ1) is 14.9. The summed E-state index contributed by atoms with van der Waals surface area (Å²) < 4.78 is 10.2. The lowest BCUT2D eigenvalue weighted by atomic mass is 10.1. The van der Waals surface area contributed by atoms with Crippen LogP contribution in [0, 0.1) is 11.8 Å². The van der Waals surface area contributed by atoms with E-state index in [1.165, 1.54) is 57.1 Å². The van der Waals surface area contributed by atoms with Crippen LogP contribution in [0.5, 0.6) is 5.75 Å². The molecule has 172 valence electrons. The molecule has 0 N–H and O–H groups in total. The molecule has 0 bridgehead atoms. The first-order valence-corrected chi connectivity index (χ1v) is 12.0. The van der Waals surface area contributed by atoms with Crippen LogP contribution in [0.1, 0.15) is 84.0 Å². The van der Waals surface area contributed by atoms with Crippen molar-refractivity contribution < 1.29 is 19.1 Å². The van der Waals surface area contributed by atoms with Gasteiger partial charge in [-0.15, -0.1) is 0 Å². The van der Waals surface area contributed by atoms with Gasteiger partial charge in [-0.2, -0.15) is 0 Å². The highest BCUT2D eigenvalue weighted by molar-refractivity contribution is 6.44. The summed E-state index contributed by atoms with van der Waals surface area (Å²) in [4.78, 5) is 23.6. The maximum Gasteiger partial charge on any atom is 0.311 e. The van der Waals surface area contributed by atoms with E-state index in [1.807, 2.05) is 0 Å². The van der Waals surface area contributed by atoms with Crippen LogP contribution in [0.3, 0.4) is 0 Å². The van der Waals surface area contributed by atoms with Crippen molar-refractivity contribution in [3.05, 3.63) is 27.2 Å². The van der Waals surface area contributed by atoms with E-state index in [9.17, 15) is 9.59 Å². The molecule has 0 heterocycles. The van der Waals surface area contributed by atoms with Gasteiger partial charge in [0.1, 0.15) is 5.02 Å². The third-order valence-electron chi connectivity index (χ3n) is 4.53. The van der Waals surface area contributed by atoms with Gasteiger partial charge in [-0.3, -0.25) is 9.59 Å². The standard InChI is InChI=1S/C24H31Cl3O4/c1-2-3-4-5-6-7-8-9-10-11-12-16-30-22(28)14-13-15-23(29)31-21-18-19(25)17-20(26)24(21)27/h17-18H,2-10,13-16H2,1H3. The van der Waals surface area contributed by atoms with Crippen LogP contribution in [-0.2, 0) is 14.3 Å². The molecule has 0 radical (unpaired) electrons. The zero-order chi connectivity index (χ0) is 22.9.